The van der Waals surface area contributed by atoms with Crippen LogP contribution in [0.4, 0.5) is 11.6 Å². The van der Waals surface area contributed by atoms with Gasteiger partial charge in [-0.3, -0.25) is 0 Å². The van der Waals surface area contributed by atoms with Gasteiger partial charge in [-0.05, 0) is 19.8 Å². The van der Waals surface area contributed by atoms with Crippen LogP contribution in [0.15, 0.2) is 0 Å². The molecule has 0 amide bonds. The van der Waals surface area contributed by atoms with Gasteiger partial charge in [0.05, 0.1) is 12.1 Å². The van der Waals surface area contributed by atoms with Crippen LogP contribution in [0.1, 0.15) is 31.2 Å². The van der Waals surface area contributed by atoms with Crippen molar-refractivity contribution >= 4 is 11.6 Å². The normalized spacial score (nSPS) is 18.3. The maximum Gasteiger partial charge on any atom is 0.135 e. The topological polar surface area (TPSA) is 93.3 Å². The second-order valence-corrected chi connectivity index (χ2v) is 5.03. The Balaban J connectivity index is 2.28. The molecule has 1 saturated heterocycles. The minimum atomic E-state index is -0.366. The summed E-state index contributed by atoms with van der Waals surface area (Å²) in [6.45, 7) is 5.23. The van der Waals surface area contributed by atoms with Gasteiger partial charge in [-0.1, -0.05) is 6.92 Å². The van der Waals surface area contributed by atoms with E-state index in [1.165, 1.54) is 0 Å². The number of nitrogens with two attached hydrogens (primary N) is 1. The number of rotatable bonds is 4. The summed E-state index contributed by atoms with van der Waals surface area (Å²) in [5.74, 6) is 1.93. The summed E-state index contributed by atoms with van der Waals surface area (Å²) in [4.78, 5) is 8.72. The number of ether oxygens (including phenoxy) is 1. The number of aryl methyl sites for hydroxylation is 1. The molecule has 1 fully saturated rings. The molecule has 0 aromatic carbocycles. The molecular formula is C13H22N4O2. The largest absolute Gasteiger partial charge is 0.394 e. The van der Waals surface area contributed by atoms with Crippen molar-refractivity contribution in [2.24, 2.45) is 0 Å². The van der Waals surface area contributed by atoms with Crippen molar-refractivity contribution in [3.8, 4) is 0 Å². The Kier molecular flexibility index (Phi) is 4.21. The van der Waals surface area contributed by atoms with Gasteiger partial charge in [-0.15, -0.1) is 0 Å². The van der Waals surface area contributed by atoms with Gasteiger partial charge in [-0.2, -0.15) is 0 Å². The van der Waals surface area contributed by atoms with Crippen LogP contribution in [0, 0.1) is 6.92 Å². The highest BCUT2D eigenvalue weighted by atomic mass is 16.5. The first-order valence-electron chi connectivity index (χ1n) is 6.70. The average molecular weight is 266 g/mol. The number of aliphatic hydroxyl groups is 1. The highest BCUT2D eigenvalue weighted by molar-refractivity contribution is 5.56. The van der Waals surface area contributed by atoms with Gasteiger partial charge in [-0.25, -0.2) is 9.97 Å². The van der Waals surface area contributed by atoms with Gasteiger partial charge < -0.3 is 20.9 Å². The molecule has 19 heavy (non-hydrogen) atoms. The summed E-state index contributed by atoms with van der Waals surface area (Å²) in [5, 5.41) is 13.1. The Bertz CT molecular complexity index is 445. The van der Waals surface area contributed by atoms with E-state index in [2.05, 4.69) is 15.3 Å². The lowest BCUT2D eigenvalue weighted by atomic mass is 9.91. The zero-order valence-corrected chi connectivity index (χ0v) is 11.6. The lowest BCUT2D eigenvalue weighted by molar-refractivity contribution is 0.0378. The Morgan fingerprint density at radius 2 is 2.05 bits per heavy atom. The van der Waals surface area contributed by atoms with Crippen LogP contribution in [0.25, 0.3) is 0 Å². The molecule has 4 N–H and O–H groups in total. The molecule has 6 nitrogen and oxygen atoms in total. The molecule has 2 rings (SSSR count). The molecule has 1 aliphatic heterocycles. The quantitative estimate of drug-likeness (QED) is 0.749. The molecule has 0 atom stereocenters. The molecule has 1 aliphatic rings. The van der Waals surface area contributed by atoms with Crippen molar-refractivity contribution in [2.75, 3.05) is 30.9 Å². The summed E-state index contributed by atoms with van der Waals surface area (Å²) in [6, 6.07) is 0. The molecule has 1 aromatic rings. The van der Waals surface area contributed by atoms with Crippen molar-refractivity contribution in [3.63, 3.8) is 0 Å². The number of hydrogen-bond donors (Lipinski definition) is 3. The molecule has 0 aliphatic carbocycles. The molecular weight excluding hydrogens is 244 g/mol. The predicted molar refractivity (Wildman–Crippen MR) is 74.1 cm³/mol. The third-order valence-corrected chi connectivity index (χ3v) is 3.68. The Morgan fingerprint density at radius 3 is 2.63 bits per heavy atom. The van der Waals surface area contributed by atoms with Gasteiger partial charge in [0.25, 0.3) is 0 Å². The first-order chi connectivity index (χ1) is 9.10. The lowest BCUT2D eigenvalue weighted by Gasteiger charge is -2.37. The third kappa shape index (κ3) is 2.96. The van der Waals surface area contributed by atoms with Crippen LogP contribution >= 0.6 is 0 Å². The molecule has 0 bridgehead atoms. The van der Waals surface area contributed by atoms with Gasteiger partial charge in [0.2, 0.25) is 0 Å². The minimum absolute atomic E-state index is 0.0567. The summed E-state index contributed by atoms with van der Waals surface area (Å²) in [5.41, 5.74) is 6.37. The summed E-state index contributed by atoms with van der Waals surface area (Å²) < 4.78 is 5.35. The van der Waals surface area contributed by atoms with Gasteiger partial charge in [0, 0.05) is 25.2 Å². The number of nitrogens with one attached hydrogen (secondary N) is 1. The maximum atomic E-state index is 9.70. The average Bonchev–Trinajstić information content (AvgIpc) is 2.44. The van der Waals surface area contributed by atoms with E-state index in [-0.39, 0.29) is 12.1 Å². The van der Waals surface area contributed by atoms with E-state index in [0.29, 0.717) is 24.9 Å². The molecule has 6 heteroatoms. The summed E-state index contributed by atoms with van der Waals surface area (Å²) in [6.07, 6.45) is 2.25. The maximum absolute atomic E-state index is 9.70. The second-order valence-electron chi connectivity index (χ2n) is 5.03. The van der Waals surface area contributed by atoms with Crippen molar-refractivity contribution in [1.82, 2.24) is 9.97 Å². The third-order valence-electron chi connectivity index (χ3n) is 3.68. The van der Waals surface area contributed by atoms with Crippen molar-refractivity contribution < 1.29 is 9.84 Å². The highest BCUT2D eigenvalue weighted by Crippen LogP contribution is 2.27. The molecule has 0 spiro atoms. The fraction of sp³-hybridized carbons (Fsp3) is 0.692. The van der Waals surface area contributed by atoms with E-state index in [1.807, 2.05) is 13.8 Å². The zero-order chi connectivity index (χ0) is 13.9. The molecule has 106 valence electrons. The van der Waals surface area contributed by atoms with E-state index in [4.69, 9.17) is 10.5 Å². The van der Waals surface area contributed by atoms with E-state index in [9.17, 15) is 5.11 Å². The highest BCUT2D eigenvalue weighted by Gasteiger charge is 2.32. The lowest BCUT2D eigenvalue weighted by Crippen LogP contribution is -2.47. The fourth-order valence-corrected chi connectivity index (χ4v) is 2.20. The van der Waals surface area contributed by atoms with Crippen LogP contribution in [-0.2, 0) is 11.2 Å². The van der Waals surface area contributed by atoms with Crippen LogP contribution in [0.3, 0.4) is 0 Å². The second kappa shape index (κ2) is 5.71. The van der Waals surface area contributed by atoms with Crippen LogP contribution in [0.2, 0.25) is 0 Å². The summed E-state index contributed by atoms with van der Waals surface area (Å²) in [7, 11) is 0. The molecule has 2 heterocycles. The Hall–Kier alpha value is -1.40. The van der Waals surface area contributed by atoms with E-state index in [1.54, 1.807) is 0 Å². The Labute approximate surface area is 113 Å². The number of aliphatic hydroxyl groups excluding tert-OH is 1. The van der Waals surface area contributed by atoms with Crippen molar-refractivity contribution in [2.45, 2.75) is 38.6 Å². The molecule has 0 unspecified atom stereocenters. The number of nitrogen functional groups attached to an aromatic ring is 1. The summed E-state index contributed by atoms with van der Waals surface area (Å²) >= 11 is 0. The number of hydrogen-bond acceptors (Lipinski definition) is 6. The monoisotopic (exact) mass is 266 g/mol. The first-order valence-corrected chi connectivity index (χ1v) is 6.70. The number of anilines is 2. The van der Waals surface area contributed by atoms with Crippen LogP contribution in [0.5, 0.6) is 0 Å². The SMILES string of the molecule is CCc1nc(N)c(C)c(NC2(CO)CCOCC2)n1. The standard InChI is InChI=1S/C13H22N4O2/c1-3-10-15-11(14)9(2)12(16-10)17-13(8-18)4-6-19-7-5-13/h18H,3-8H2,1-2H3,(H3,14,15,16,17). The molecule has 1 aromatic heterocycles. The van der Waals surface area contributed by atoms with E-state index < -0.39 is 0 Å². The van der Waals surface area contributed by atoms with E-state index >= 15 is 0 Å². The number of nitrogens with zero attached hydrogens (tertiary/aromatic N) is 2. The predicted octanol–water partition coefficient (Wildman–Crippen LogP) is 0.883. The first kappa shape index (κ1) is 14.0. The fourth-order valence-electron chi connectivity index (χ4n) is 2.20. The van der Waals surface area contributed by atoms with Crippen LogP contribution < -0.4 is 11.1 Å². The van der Waals surface area contributed by atoms with Gasteiger partial charge in [0.15, 0.2) is 0 Å². The molecule has 0 radical (unpaired) electrons. The van der Waals surface area contributed by atoms with Gasteiger partial charge in [0.1, 0.15) is 17.5 Å². The van der Waals surface area contributed by atoms with Crippen molar-refractivity contribution in [3.05, 3.63) is 11.4 Å². The van der Waals surface area contributed by atoms with Crippen LogP contribution in [-0.4, -0.2) is 40.4 Å². The smallest absolute Gasteiger partial charge is 0.135 e. The van der Waals surface area contributed by atoms with Crippen molar-refractivity contribution in [1.29, 1.82) is 0 Å². The van der Waals surface area contributed by atoms with Gasteiger partial charge >= 0.3 is 0 Å². The molecule has 0 saturated carbocycles. The minimum Gasteiger partial charge on any atom is -0.394 e. The van der Waals surface area contributed by atoms with E-state index in [0.717, 1.165) is 30.6 Å². The zero-order valence-electron chi connectivity index (χ0n) is 11.6. The number of aromatic nitrogens is 2. The Morgan fingerprint density at radius 1 is 1.37 bits per heavy atom.